The van der Waals surface area contributed by atoms with Crippen molar-refractivity contribution in [2.75, 3.05) is 14.2 Å². The molecule has 0 unspecified atom stereocenters. The van der Waals surface area contributed by atoms with Crippen LogP contribution in [0.25, 0.3) is 6.08 Å². The molecule has 110 valence electrons. The zero-order valence-corrected chi connectivity index (χ0v) is 12.7. The van der Waals surface area contributed by atoms with Gasteiger partial charge in [-0.3, -0.25) is 9.69 Å². The summed E-state index contributed by atoms with van der Waals surface area (Å²) in [5.41, 5.74) is 1.35. The minimum Gasteiger partial charge on any atom is -0.493 e. The number of carbonyl (C=O) groups excluding carboxylic acids is 1. The summed E-state index contributed by atoms with van der Waals surface area (Å²) in [5, 5.41) is 3.48. The smallest absolute Gasteiger partial charge is 0.276 e. The Morgan fingerprint density at radius 3 is 2.62 bits per heavy atom. The molecule has 0 radical (unpaired) electrons. The second kappa shape index (κ2) is 5.37. The summed E-state index contributed by atoms with van der Waals surface area (Å²) >= 11 is 5.22. The monoisotopic (exact) mass is 304 g/mol. The van der Waals surface area contributed by atoms with Crippen LogP contribution >= 0.6 is 12.2 Å². The molecular weight excluding hydrogens is 288 g/mol. The maximum absolute atomic E-state index is 12.3. The molecule has 0 aromatic heterocycles. The maximum atomic E-state index is 12.3. The number of hydrogen-bond acceptors (Lipinski definition) is 4. The number of amides is 1. The molecule has 1 amide bonds. The third-order valence-corrected chi connectivity index (χ3v) is 3.84. The van der Waals surface area contributed by atoms with Gasteiger partial charge in [-0.15, -0.1) is 0 Å². The number of hydrogen-bond donors (Lipinski definition) is 1. The number of methoxy groups -OCH3 is 2. The Kier molecular flexibility index (Phi) is 3.55. The zero-order valence-electron chi connectivity index (χ0n) is 11.9. The van der Waals surface area contributed by atoms with Gasteiger partial charge in [0.1, 0.15) is 5.70 Å². The summed E-state index contributed by atoms with van der Waals surface area (Å²) in [6.07, 6.45) is 3.83. The van der Waals surface area contributed by atoms with Gasteiger partial charge < -0.3 is 14.8 Å². The minimum atomic E-state index is -0.0581. The molecule has 1 saturated carbocycles. The van der Waals surface area contributed by atoms with Crippen LogP contribution in [0.4, 0.5) is 0 Å². The standard InChI is InChI=1S/C15H16N2O3S/c1-19-12-6-3-9(8-13(12)20-2)7-11-14(18)17(10-4-5-10)15(21)16-11/h3,6-8,10H,4-5H2,1-2H3,(H,16,21)/b11-7+. The van der Waals surface area contributed by atoms with E-state index in [1.165, 1.54) is 0 Å². The first kappa shape index (κ1) is 13.9. The highest BCUT2D eigenvalue weighted by Crippen LogP contribution is 2.32. The molecule has 21 heavy (non-hydrogen) atoms. The largest absolute Gasteiger partial charge is 0.493 e. The van der Waals surface area contributed by atoms with Crippen LogP contribution in [0.3, 0.4) is 0 Å². The molecule has 2 aliphatic rings. The lowest BCUT2D eigenvalue weighted by atomic mass is 10.1. The van der Waals surface area contributed by atoms with Gasteiger partial charge in [-0.1, -0.05) is 6.07 Å². The third-order valence-electron chi connectivity index (χ3n) is 3.54. The van der Waals surface area contributed by atoms with Gasteiger partial charge in [0.15, 0.2) is 16.6 Å². The molecule has 6 heteroatoms. The van der Waals surface area contributed by atoms with Gasteiger partial charge >= 0.3 is 0 Å². The molecule has 3 rings (SSSR count). The molecule has 1 N–H and O–H groups in total. The predicted molar refractivity (Wildman–Crippen MR) is 83.1 cm³/mol. The predicted octanol–water partition coefficient (Wildman–Crippen LogP) is 1.92. The van der Waals surface area contributed by atoms with Crippen molar-refractivity contribution in [3.63, 3.8) is 0 Å². The zero-order chi connectivity index (χ0) is 15.0. The molecule has 0 atom stereocenters. The molecule has 1 aliphatic carbocycles. The van der Waals surface area contributed by atoms with E-state index in [-0.39, 0.29) is 11.9 Å². The van der Waals surface area contributed by atoms with E-state index >= 15 is 0 Å². The van der Waals surface area contributed by atoms with E-state index in [0.717, 1.165) is 18.4 Å². The second-order valence-corrected chi connectivity index (χ2v) is 5.40. The Balaban J connectivity index is 1.88. The summed E-state index contributed by atoms with van der Waals surface area (Å²) in [6, 6.07) is 5.77. The maximum Gasteiger partial charge on any atom is 0.276 e. The highest BCUT2D eigenvalue weighted by molar-refractivity contribution is 7.80. The Morgan fingerprint density at radius 2 is 2.00 bits per heavy atom. The van der Waals surface area contributed by atoms with Crippen molar-refractivity contribution in [3.05, 3.63) is 29.5 Å². The summed E-state index contributed by atoms with van der Waals surface area (Å²) in [6.45, 7) is 0. The van der Waals surface area contributed by atoms with Crippen LogP contribution in [0, 0.1) is 0 Å². The van der Waals surface area contributed by atoms with E-state index in [1.807, 2.05) is 18.2 Å². The molecule has 1 aromatic rings. The first-order valence-electron chi connectivity index (χ1n) is 6.72. The highest BCUT2D eigenvalue weighted by Gasteiger charge is 2.41. The highest BCUT2D eigenvalue weighted by atomic mass is 32.1. The fraction of sp³-hybridized carbons (Fsp3) is 0.333. The van der Waals surface area contributed by atoms with Gasteiger partial charge in [0, 0.05) is 6.04 Å². The van der Waals surface area contributed by atoms with Crippen LogP contribution < -0.4 is 14.8 Å². The van der Waals surface area contributed by atoms with Crippen LogP contribution in [-0.2, 0) is 4.79 Å². The van der Waals surface area contributed by atoms with Crippen LogP contribution in [0.15, 0.2) is 23.9 Å². The van der Waals surface area contributed by atoms with Crippen LogP contribution in [-0.4, -0.2) is 36.2 Å². The fourth-order valence-electron chi connectivity index (χ4n) is 2.32. The van der Waals surface area contributed by atoms with Gasteiger partial charge in [-0.2, -0.15) is 0 Å². The Labute approximate surface area is 128 Å². The summed E-state index contributed by atoms with van der Waals surface area (Å²) in [4.78, 5) is 14.0. The van der Waals surface area contributed by atoms with Crippen molar-refractivity contribution < 1.29 is 14.3 Å². The summed E-state index contributed by atoms with van der Waals surface area (Å²) in [7, 11) is 3.17. The second-order valence-electron chi connectivity index (χ2n) is 5.01. The molecule has 5 nitrogen and oxygen atoms in total. The lowest BCUT2D eigenvalue weighted by molar-refractivity contribution is -0.122. The van der Waals surface area contributed by atoms with Gasteiger partial charge in [-0.05, 0) is 48.8 Å². The van der Waals surface area contributed by atoms with Crippen molar-refractivity contribution in [2.45, 2.75) is 18.9 Å². The number of benzene rings is 1. The SMILES string of the molecule is COc1ccc(/C=C2/NC(=S)N(C3CC3)C2=O)cc1OC. The van der Waals surface area contributed by atoms with Gasteiger partial charge in [-0.25, -0.2) is 0 Å². The van der Waals surface area contributed by atoms with E-state index < -0.39 is 0 Å². The van der Waals surface area contributed by atoms with E-state index in [4.69, 9.17) is 21.7 Å². The van der Waals surface area contributed by atoms with E-state index in [0.29, 0.717) is 22.3 Å². The first-order valence-corrected chi connectivity index (χ1v) is 7.13. The minimum absolute atomic E-state index is 0.0581. The number of carbonyl (C=O) groups is 1. The molecule has 0 spiro atoms. The average Bonchev–Trinajstić information content (AvgIpc) is 3.27. The van der Waals surface area contributed by atoms with Crippen LogP contribution in [0.2, 0.25) is 0 Å². The van der Waals surface area contributed by atoms with Gasteiger partial charge in [0.25, 0.3) is 5.91 Å². The summed E-state index contributed by atoms with van der Waals surface area (Å²) in [5.74, 6) is 1.22. The average molecular weight is 304 g/mol. The van der Waals surface area contributed by atoms with Crippen molar-refractivity contribution in [1.29, 1.82) is 0 Å². The lowest BCUT2D eigenvalue weighted by Crippen LogP contribution is -2.32. The van der Waals surface area contributed by atoms with Crippen molar-refractivity contribution >= 4 is 29.3 Å². The molecule has 0 bridgehead atoms. The number of rotatable bonds is 4. The normalized spacial score (nSPS) is 19.9. The molecule has 1 aromatic carbocycles. The topological polar surface area (TPSA) is 50.8 Å². The molecule has 2 fully saturated rings. The molecule has 1 aliphatic heterocycles. The number of thiocarbonyl (C=S) groups is 1. The van der Waals surface area contributed by atoms with Crippen molar-refractivity contribution in [2.24, 2.45) is 0 Å². The Hall–Kier alpha value is -2.08. The Bertz CT molecular complexity index is 638. The molecular formula is C15H16N2O3S. The van der Waals surface area contributed by atoms with Crippen LogP contribution in [0.5, 0.6) is 11.5 Å². The van der Waals surface area contributed by atoms with Crippen molar-refractivity contribution in [1.82, 2.24) is 10.2 Å². The van der Waals surface area contributed by atoms with Gasteiger partial charge in [0.2, 0.25) is 0 Å². The van der Waals surface area contributed by atoms with Crippen LogP contribution in [0.1, 0.15) is 18.4 Å². The van der Waals surface area contributed by atoms with E-state index in [1.54, 1.807) is 25.2 Å². The lowest BCUT2D eigenvalue weighted by Gasteiger charge is -2.11. The van der Waals surface area contributed by atoms with E-state index in [9.17, 15) is 4.79 Å². The fourth-order valence-corrected chi connectivity index (χ4v) is 2.66. The molecule has 1 saturated heterocycles. The number of nitrogens with one attached hydrogen (secondary N) is 1. The number of nitrogens with zero attached hydrogens (tertiary/aromatic N) is 1. The molecule has 1 heterocycles. The van der Waals surface area contributed by atoms with Crippen molar-refractivity contribution in [3.8, 4) is 11.5 Å². The van der Waals surface area contributed by atoms with E-state index in [2.05, 4.69) is 5.32 Å². The Morgan fingerprint density at radius 1 is 1.29 bits per heavy atom. The quantitative estimate of drug-likeness (QED) is 0.680. The first-order chi connectivity index (χ1) is 10.1. The van der Waals surface area contributed by atoms with Gasteiger partial charge in [0.05, 0.1) is 14.2 Å². The summed E-state index contributed by atoms with van der Waals surface area (Å²) < 4.78 is 10.5. The number of ether oxygens (including phenoxy) is 2. The third kappa shape index (κ3) is 2.58.